The summed E-state index contributed by atoms with van der Waals surface area (Å²) in [5.74, 6) is 0.459. The van der Waals surface area contributed by atoms with Gasteiger partial charge in [-0.1, -0.05) is 35.5 Å². The summed E-state index contributed by atoms with van der Waals surface area (Å²) in [5.41, 5.74) is 2.25. The van der Waals surface area contributed by atoms with Gasteiger partial charge in [-0.05, 0) is 31.7 Å². The Kier molecular flexibility index (Phi) is 4.77. The van der Waals surface area contributed by atoms with Crippen molar-refractivity contribution in [3.05, 3.63) is 60.1 Å². The Morgan fingerprint density at radius 2 is 2.11 bits per heavy atom. The molecule has 3 aromatic rings. The highest BCUT2D eigenvalue weighted by Gasteiger charge is 2.31. The molecular weight excluding hydrogens is 344 g/mol. The van der Waals surface area contributed by atoms with Crippen LogP contribution in [0.5, 0.6) is 0 Å². The van der Waals surface area contributed by atoms with Crippen molar-refractivity contribution >= 4 is 5.91 Å². The Morgan fingerprint density at radius 3 is 2.81 bits per heavy atom. The molecule has 1 amide bonds. The summed E-state index contributed by atoms with van der Waals surface area (Å²) >= 11 is 0. The van der Waals surface area contributed by atoms with E-state index in [0.717, 1.165) is 24.9 Å². The maximum absolute atomic E-state index is 12.3. The van der Waals surface area contributed by atoms with E-state index in [1.165, 1.54) is 0 Å². The van der Waals surface area contributed by atoms with Crippen molar-refractivity contribution in [2.45, 2.75) is 38.5 Å². The lowest BCUT2D eigenvalue weighted by atomic mass is 9.80. The normalized spacial score (nSPS) is 20.1. The van der Waals surface area contributed by atoms with E-state index in [9.17, 15) is 9.90 Å². The number of carbonyl (C=O) groups excluding carboxylic acids is 1. The molecule has 7 heteroatoms. The van der Waals surface area contributed by atoms with Gasteiger partial charge in [-0.3, -0.25) is 9.48 Å². The smallest absolute Gasteiger partial charge is 0.290 e. The number of carbonyl (C=O) groups is 1. The van der Waals surface area contributed by atoms with Crippen LogP contribution >= 0.6 is 0 Å². The summed E-state index contributed by atoms with van der Waals surface area (Å²) in [7, 11) is 0. The third kappa shape index (κ3) is 3.93. The number of nitrogens with one attached hydrogen (secondary N) is 1. The van der Waals surface area contributed by atoms with E-state index in [4.69, 9.17) is 4.52 Å². The molecule has 0 bridgehead atoms. The highest BCUT2D eigenvalue weighted by molar-refractivity contribution is 5.92. The second kappa shape index (κ2) is 7.36. The van der Waals surface area contributed by atoms with Crippen molar-refractivity contribution in [1.82, 2.24) is 20.3 Å². The predicted octanol–water partition coefficient (Wildman–Crippen LogP) is 2.80. The number of nitrogens with zero attached hydrogens (tertiary/aromatic N) is 3. The van der Waals surface area contributed by atoms with Crippen molar-refractivity contribution < 1.29 is 14.4 Å². The topological polar surface area (TPSA) is 93.2 Å². The molecule has 140 valence electrons. The molecule has 0 aliphatic heterocycles. The fourth-order valence-corrected chi connectivity index (χ4v) is 3.35. The summed E-state index contributed by atoms with van der Waals surface area (Å²) in [6.45, 7) is 2.49. The summed E-state index contributed by atoms with van der Waals surface area (Å²) in [6.07, 6.45) is 3.13. The van der Waals surface area contributed by atoms with Crippen LogP contribution < -0.4 is 5.32 Å². The summed E-state index contributed by atoms with van der Waals surface area (Å²) in [5, 5.41) is 20.9. The zero-order valence-electron chi connectivity index (χ0n) is 15.1. The zero-order valence-corrected chi connectivity index (χ0v) is 15.1. The minimum atomic E-state index is -0.553. The molecule has 1 saturated carbocycles. The fraction of sp³-hybridized carbons (Fsp3) is 0.350. The van der Waals surface area contributed by atoms with E-state index in [1.807, 2.05) is 47.3 Å². The monoisotopic (exact) mass is 366 g/mol. The van der Waals surface area contributed by atoms with E-state index in [2.05, 4.69) is 15.6 Å². The quantitative estimate of drug-likeness (QED) is 0.700. The highest BCUT2D eigenvalue weighted by atomic mass is 16.5. The average Bonchev–Trinajstić information content (AvgIpc) is 3.30. The first-order chi connectivity index (χ1) is 13.1. The number of hydrogen-bond donors (Lipinski definition) is 2. The lowest BCUT2D eigenvalue weighted by Crippen LogP contribution is -2.45. The van der Waals surface area contributed by atoms with Crippen molar-refractivity contribution in [3.63, 3.8) is 0 Å². The Labute approximate surface area is 157 Å². The van der Waals surface area contributed by atoms with Crippen molar-refractivity contribution in [2.75, 3.05) is 0 Å². The molecule has 1 aromatic carbocycles. The molecule has 2 N–H and O–H groups in total. The number of aromatic nitrogens is 3. The summed E-state index contributed by atoms with van der Waals surface area (Å²) in [4.78, 5) is 12.3. The van der Waals surface area contributed by atoms with Crippen molar-refractivity contribution in [1.29, 1.82) is 0 Å². The van der Waals surface area contributed by atoms with Crippen molar-refractivity contribution in [2.24, 2.45) is 5.92 Å². The number of benzene rings is 1. The third-order valence-corrected chi connectivity index (χ3v) is 4.91. The van der Waals surface area contributed by atoms with Gasteiger partial charge in [0, 0.05) is 30.4 Å². The summed E-state index contributed by atoms with van der Waals surface area (Å²) < 4.78 is 7.05. The molecule has 1 aliphatic rings. The van der Waals surface area contributed by atoms with Gasteiger partial charge < -0.3 is 14.9 Å². The minimum absolute atomic E-state index is 0.138. The summed E-state index contributed by atoms with van der Waals surface area (Å²) in [6, 6.07) is 13.3. The second-order valence-corrected chi connectivity index (χ2v) is 7.09. The van der Waals surface area contributed by atoms with Crippen LogP contribution in [0.1, 0.15) is 42.1 Å². The van der Waals surface area contributed by atoms with E-state index < -0.39 is 6.10 Å². The van der Waals surface area contributed by atoms with Crippen LogP contribution in [0.3, 0.4) is 0 Å². The van der Waals surface area contributed by atoms with Crippen molar-refractivity contribution in [3.8, 4) is 11.3 Å². The molecule has 27 heavy (non-hydrogen) atoms. The van der Waals surface area contributed by atoms with Gasteiger partial charge in [0.2, 0.25) is 5.76 Å². The predicted molar refractivity (Wildman–Crippen MR) is 98.8 cm³/mol. The SMILES string of the molecule is C[C@H](O)c1ccn(C[C@H]2C[C@@H](NC(=O)c3cc(-c4ccccc4)no3)C2)n1. The molecule has 2 aromatic heterocycles. The Morgan fingerprint density at radius 1 is 1.33 bits per heavy atom. The van der Waals surface area contributed by atoms with Crippen LogP contribution in [0.4, 0.5) is 0 Å². The van der Waals surface area contributed by atoms with E-state index in [0.29, 0.717) is 17.3 Å². The molecule has 1 fully saturated rings. The van der Waals surface area contributed by atoms with E-state index >= 15 is 0 Å². The highest BCUT2D eigenvalue weighted by Crippen LogP contribution is 2.29. The first-order valence-electron chi connectivity index (χ1n) is 9.13. The first kappa shape index (κ1) is 17.5. The Balaban J connectivity index is 1.27. The molecule has 7 nitrogen and oxygen atoms in total. The van der Waals surface area contributed by atoms with Gasteiger partial charge >= 0.3 is 0 Å². The van der Waals surface area contributed by atoms with E-state index in [1.54, 1.807) is 13.0 Å². The second-order valence-electron chi connectivity index (χ2n) is 7.09. The maximum Gasteiger partial charge on any atom is 0.290 e. The average molecular weight is 366 g/mol. The van der Waals surface area contributed by atoms with E-state index in [-0.39, 0.29) is 17.7 Å². The number of aliphatic hydroxyl groups excluding tert-OH is 1. The molecule has 1 aliphatic carbocycles. The molecule has 2 heterocycles. The van der Waals surface area contributed by atoms with Gasteiger partial charge in [0.15, 0.2) is 0 Å². The Bertz CT molecular complexity index is 910. The maximum atomic E-state index is 12.3. The van der Waals surface area contributed by atoms with Crippen LogP contribution in [0.2, 0.25) is 0 Å². The van der Waals surface area contributed by atoms with Crippen LogP contribution in [-0.2, 0) is 6.54 Å². The van der Waals surface area contributed by atoms with Crippen LogP contribution in [0.25, 0.3) is 11.3 Å². The van der Waals surface area contributed by atoms with Gasteiger partial charge in [-0.25, -0.2) is 0 Å². The minimum Gasteiger partial charge on any atom is -0.387 e. The number of amides is 1. The molecular formula is C20H22N4O3. The first-order valence-corrected chi connectivity index (χ1v) is 9.13. The standard InChI is InChI=1S/C20H22N4O3/c1-13(25)17-7-8-24(22-17)12-14-9-16(10-14)21-20(26)19-11-18(23-27-19)15-5-3-2-4-6-15/h2-8,11,13-14,16,25H,9-10,12H2,1H3,(H,21,26)/t13-,14-,16+/m0/s1. The molecule has 0 spiro atoms. The zero-order chi connectivity index (χ0) is 18.8. The number of rotatable bonds is 6. The molecule has 0 saturated heterocycles. The lowest BCUT2D eigenvalue weighted by molar-refractivity contribution is 0.0842. The molecule has 0 radical (unpaired) electrons. The van der Waals surface area contributed by atoms with Gasteiger partial charge in [-0.15, -0.1) is 0 Å². The molecule has 0 unspecified atom stereocenters. The number of aliphatic hydroxyl groups is 1. The largest absolute Gasteiger partial charge is 0.387 e. The van der Waals surface area contributed by atoms with Gasteiger partial charge in [0.1, 0.15) is 5.69 Å². The fourth-order valence-electron chi connectivity index (χ4n) is 3.35. The number of hydrogen-bond acceptors (Lipinski definition) is 5. The van der Waals surface area contributed by atoms with Crippen LogP contribution in [-0.4, -0.2) is 32.0 Å². The van der Waals surface area contributed by atoms with Crippen LogP contribution in [0, 0.1) is 5.92 Å². The third-order valence-electron chi connectivity index (χ3n) is 4.91. The van der Waals surface area contributed by atoms with Gasteiger partial charge in [0.05, 0.1) is 11.8 Å². The molecule has 4 rings (SSSR count). The molecule has 1 atom stereocenters. The lowest BCUT2D eigenvalue weighted by Gasteiger charge is -2.35. The Hall–Kier alpha value is -2.93. The van der Waals surface area contributed by atoms with Gasteiger partial charge in [-0.2, -0.15) is 5.10 Å². The van der Waals surface area contributed by atoms with Gasteiger partial charge in [0.25, 0.3) is 5.91 Å². The van der Waals surface area contributed by atoms with Crippen LogP contribution in [0.15, 0.2) is 53.2 Å².